The number of carbonyl (C=O) groups is 1. The minimum atomic E-state index is -0.409. The van der Waals surface area contributed by atoms with Crippen LogP contribution >= 0.6 is 0 Å². The minimum absolute atomic E-state index is 0.266. The second-order valence-electron chi connectivity index (χ2n) is 6.49. The molecule has 2 aliphatic rings. The molecule has 2 saturated heterocycles. The molecule has 1 spiro atoms. The second-order valence-corrected chi connectivity index (χ2v) is 6.49. The number of likely N-dealkylation sites (N-methyl/N-ethyl adjacent to an activating group) is 1. The third-order valence-electron chi connectivity index (χ3n) is 4.96. The fourth-order valence-electron chi connectivity index (χ4n) is 3.53. The van der Waals surface area contributed by atoms with E-state index in [-0.39, 0.29) is 6.09 Å². The Labute approximate surface area is 128 Å². The smallest absolute Gasteiger partial charge is 0.415 e. The lowest BCUT2D eigenvalue weighted by molar-refractivity contribution is -0.0398. The van der Waals surface area contributed by atoms with Gasteiger partial charge in [0.15, 0.2) is 5.58 Å². The third-order valence-corrected chi connectivity index (χ3v) is 4.96. The monoisotopic (exact) mass is 301 g/mol. The van der Waals surface area contributed by atoms with Crippen molar-refractivity contribution in [1.29, 1.82) is 0 Å². The van der Waals surface area contributed by atoms with E-state index >= 15 is 0 Å². The van der Waals surface area contributed by atoms with Gasteiger partial charge in [0.25, 0.3) is 0 Å². The summed E-state index contributed by atoms with van der Waals surface area (Å²) in [4.78, 5) is 16.4. The van der Waals surface area contributed by atoms with Gasteiger partial charge in [-0.3, -0.25) is 4.90 Å². The number of hydrogen-bond acceptors (Lipinski definition) is 5. The van der Waals surface area contributed by atoms with E-state index in [0.717, 1.165) is 36.2 Å². The topological polar surface area (TPSA) is 58.8 Å². The van der Waals surface area contributed by atoms with E-state index < -0.39 is 5.60 Å². The van der Waals surface area contributed by atoms with Crippen LogP contribution in [0.1, 0.15) is 13.3 Å². The van der Waals surface area contributed by atoms with E-state index in [1.165, 1.54) is 0 Å². The maximum Gasteiger partial charge on any atom is 0.415 e. The average molecular weight is 301 g/mol. The molecule has 0 bridgehead atoms. The van der Waals surface area contributed by atoms with Gasteiger partial charge in [0.2, 0.25) is 0 Å². The van der Waals surface area contributed by atoms with Crippen molar-refractivity contribution in [1.82, 2.24) is 10.1 Å². The second kappa shape index (κ2) is 4.71. The van der Waals surface area contributed by atoms with Gasteiger partial charge in [-0.1, -0.05) is 12.1 Å². The van der Waals surface area contributed by atoms with Gasteiger partial charge in [-0.25, -0.2) is 4.79 Å². The Kier molecular flexibility index (Phi) is 2.91. The first-order valence-corrected chi connectivity index (χ1v) is 7.61. The van der Waals surface area contributed by atoms with Crippen LogP contribution in [-0.2, 0) is 4.74 Å². The fraction of sp³-hybridized carbons (Fsp3) is 0.500. The molecule has 116 valence electrons. The molecule has 0 radical (unpaired) electrons. The number of benzene rings is 1. The van der Waals surface area contributed by atoms with Crippen LogP contribution in [0.5, 0.6) is 0 Å². The highest BCUT2D eigenvalue weighted by molar-refractivity contribution is 5.93. The quantitative estimate of drug-likeness (QED) is 0.810. The Morgan fingerprint density at radius 3 is 3.09 bits per heavy atom. The summed E-state index contributed by atoms with van der Waals surface area (Å²) in [6.45, 7) is 4.60. The van der Waals surface area contributed by atoms with Crippen molar-refractivity contribution in [2.24, 2.45) is 5.92 Å². The Bertz CT molecular complexity index is 728. The normalized spacial score (nSPS) is 29.5. The number of carbonyl (C=O) groups excluding carboxylic acids is 1. The molecule has 2 aromatic rings. The van der Waals surface area contributed by atoms with Gasteiger partial charge in [0.1, 0.15) is 5.60 Å². The van der Waals surface area contributed by atoms with E-state index in [1.54, 1.807) is 11.1 Å². The van der Waals surface area contributed by atoms with Crippen molar-refractivity contribution in [2.45, 2.75) is 18.9 Å². The molecule has 0 saturated carbocycles. The lowest BCUT2D eigenvalue weighted by Crippen LogP contribution is -2.54. The van der Waals surface area contributed by atoms with Crippen LogP contribution in [0.3, 0.4) is 0 Å². The summed E-state index contributed by atoms with van der Waals surface area (Å²) in [5.74, 6) is 0.358. The van der Waals surface area contributed by atoms with Crippen molar-refractivity contribution in [2.75, 3.05) is 31.6 Å². The lowest BCUT2D eigenvalue weighted by atomic mass is 9.82. The summed E-state index contributed by atoms with van der Waals surface area (Å²) in [5, 5.41) is 4.67. The van der Waals surface area contributed by atoms with Crippen LogP contribution in [-0.4, -0.2) is 48.4 Å². The van der Waals surface area contributed by atoms with Crippen LogP contribution < -0.4 is 4.90 Å². The van der Waals surface area contributed by atoms with Crippen molar-refractivity contribution < 1.29 is 14.1 Å². The fourth-order valence-corrected chi connectivity index (χ4v) is 3.53. The van der Waals surface area contributed by atoms with Crippen molar-refractivity contribution in [3.05, 3.63) is 24.4 Å². The summed E-state index contributed by atoms with van der Waals surface area (Å²) >= 11 is 0. The first kappa shape index (κ1) is 13.6. The van der Waals surface area contributed by atoms with E-state index in [1.807, 2.05) is 18.2 Å². The van der Waals surface area contributed by atoms with Crippen LogP contribution in [0, 0.1) is 5.92 Å². The highest BCUT2D eigenvalue weighted by Gasteiger charge is 2.51. The van der Waals surface area contributed by atoms with Crippen molar-refractivity contribution in [3.8, 4) is 0 Å². The predicted octanol–water partition coefficient (Wildman–Crippen LogP) is 2.49. The number of fused-ring (bicyclic) bond motifs is 1. The number of anilines is 1. The summed E-state index contributed by atoms with van der Waals surface area (Å²) in [6.07, 6.45) is 2.44. The van der Waals surface area contributed by atoms with Gasteiger partial charge >= 0.3 is 6.09 Å². The van der Waals surface area contributed by atoms with E-state index in [9.17, 15) is 4.79 Å². The molecule has 2 aliphatic heterocycles. The molecule has 1 unspecified atom stereocenters. The molecule has 1 amide bonds. The molecule has 0 N–H and O–H groups in total. The lowest BCUT2D eigenvalue weighted by Gasteiger charge is -2.41. The number of hydrogen-bond donors (Lipinski definition) is 0. The number of nitrogens with zero attached hydrogens (tertiary/aromatic N) is 3. The zero-order valence-electron chi connectivity index (χ0n) is 12.8. The first-order chi connectivity index (χ1) is 10.6. The molecular weight excluding hydrogens is 282 g/mol. The Morgan fingerprint density at radius 1 is 1.36 bits per heavy atom. The van der Waals surface area contributed by atoms with Crippen LogP contribution in [0.25, 0.3) is 11.0 Å². The average Bonchev–Trinajstić information content (AvgIpc) is 3.07. The highest BCUT2D eigenvalue weighted by Crippen LogP contribution is 2.38. The number of amides is 1. The molecule has 2 atom stereocenters. The molecule has 1 aromatic heterocycles. The highest BCUT2D eigenvalue weighted by atomic mass is 16.6. The van der Waals surface area contributed by atoms with E-state index in [2.05, 4.69) is 24.0 Å². The van der Waals surface area contributed by atoms with Gasteiger partial charge in [0.05, 0.1) is 12.7 Å². The maximum atomic E-state index is 12.4. The number of aromatic nitrogens is 1. The molecule has 2 fully saturated rings. The molecule has 22 heavy (non-hydrogen) atoms. The Hall–Kier alpha value is -2.08. The number of rotatable bonds is 1. The van der Waals surface area contributed by atoms with E-state index in [0.29, 0.717) is 12.5 Å². The van der Waals surface area contributed by atoms with Gasteiger partial charge < -0.3 is 14.2 Å². The standard InChI is InChI=1S/C16H19N3O3/c1-11-5-6-18(2)9-16(11)10-19(15(20)21-16)13-3-4-14-12(7-13)8-17-22-14/h3-4,7-8,11H,5-6,9-10H2,1-2H3/t11?,16-/m1/s1. The zero-order valence-corrected chi connectivity index (χ0v) is 12.8. The SMILES string of the molecule is CC1CCN(C)C[C@@]12CN(c1ccc3oncc3c1)C(=O)O2. The number of likely N-dealkylation sites (tertiary alicyclic amines) is 1. The summed E-state index contributed by atoms with van der Waals surface area (Å²) < 4.78 is 11.0. The van der Waals surface area contributed by atoms with Crippen LogP contribution in [0.4, 0.5) is 10.5 Å². The zero-order chi connectivity index (χ0) is 15.3. The third kappa shape index (κ3) is 1.98. The largest absolute Gasteiger partial charge is 0.439 e. The van der Waals surface area contributed by atoms with Crippen molar-refractivity contribution in [3.63, 3.8) is 0 Å². The Balaban J connectivity index is 1.66. The molecular formula is C16H19N3O3. The van der Waals surface area contributed by atoms with Gasteiger partial charge in [0, 0.05) is 23.5 Å². The molecule has 4 rings (SSSR count). The first-order valence-electron chi connectivity index (χ1n) is 7.61. The summed E-state index contributed by atoms with van der Waals surface area (Å²) in [5.41, 5.74) is 1.14. The molecule has 6 heteroatoms. The number of piperidine rings is 1. The molecule has 1 aromatic carbocycles. The molecule has 6 nitrogen and oxygen atoms in total. The molecule has 0 aliphatic carbocycles. The summed E-state index contributed by atoms with van der Waals surface area (Å²) in [7, 11) is 2.08. The van der Waals surface area contributed by atoms with Gasteiger partial charge in [-0.2, -0.15) is 0 Å². The van der Waals surface area contributed by atoms with Crippen molar-refractivity contribution >= 4 is 22.7 Å². The Morgan fingerprint density at radius 2 is 2.23 bits per heavy atom. The number of ether oxygens (including phenoxy) is 1. The minimum Gasteiger partial charge on any atom is -0.439 e. The summed E-state index contributed by atoms with van der Waals surface area (Å²) in [6, 6.07) is 5.64. The van der Waals surface area contributed by atoms with Crippen LogP contribution in [0.2, 0.25) is 0 Å². The predicted molar refractivity (Wildman–Crippen MR) is 81.8 cm³/mol. The molecule has 3 heterocycles. The van der Waals surface area contributed by atoms with Gasteiger partial charge in [-0.15, -0.1) is 0 Å². The maximum absolute atomic E-state index is 12.4. The van der Waals surface area contributed by atoms with Crippen LogP contribution in [0.15, 0.2) is 28.9 Å². The van der Waals surface area contributed by atoms with E-state index in [4.69, 9.17) is 9.26 Å². The van der Waals surface area contributed by atoms with Gasteiger partial charge in [-0.05, 0) is 38.2 Å².